The zero-order valence-electron chi connectivity index (χ0n) is 13.2. The van der Waals surface area contributed by atoms with E-state index in [1.807, 2.05) is 6.92 Å². The quantitative estimate of drug-likeness (QED) is 0.832. The van der Waals surface area contributed by atoms with Gasteiger partial charge in [-0.25, -0.2) is 4.79 Å². The van der Waals surface area contributed by atoms with E-state index in [0.29, 0.717) is 18.8 Å². The van der Waals surface area contributed by atoms with Gasteiger partial charge in [0.2, 0.25) is 5.91 Å². The Morgan fingerprint density at radius 3 is 2.52 bits per heavy atom. The standard InChI is InChI=1S/C16H28N2O3/c1-3-10-16(2,17)15(21)18-12-7-5-4-6-11(12)8-9-13(18)14(19)20/h11-13H,3-10,17H2,1-2H3,(H,19,20). The van der Waals surface area contributed by atoms with Crippen molar-refractivity contribution in [3.05, 3.63) is 0 Å². The van der Waals surface area contributed by atoms with Gasteiger partial charge in [-0.3, -0.25) is 4.79 Å². The molecule has 1 heterocycles. The molecule has 0 aromatic heterocycles. The van der Waals surface area contributed by atoms with E-state index in [4.69, 9.17) is 5.73 Å². The molecule has 120 valence electrons. The van der Waals surface area contributed by atoms with Crippen molar-refractivity contribution >= 4 is 11.9 Å². The van der Waals surface area contributed by atoms with Crippen molar-refractivity contribution < 1.29 is 14.7 Å². The minimum absolute atomic E-state index is 0.0702. The molecule has 1 aliphatic carbocycles. The average molecular weight is 296 g/mol. The van der Waals surface area contributed by atoms with Gasteiger partial charge in [-0.2, -0.15) is 0 Å². The molecule has 2 aliphatic rings. The van der Waals surface area contributed by atoms with E-state index < -0.39 is 17.6 Å². The van der Waals surface area contributed by atoms with Crippen LogP contribution >= 0.6 is 0 Å². The number of carboxylic acid groups (broad SMARTS) is 1. The van der Waals surface area contributed by atoms with E-state index in [2.05, 4.69) is 0 Å². The molecule has 3 N–H and O–H groups in total. The molecular weight excluding hydrogens is 268 g/mol. The molecule has 0 bridgehead atoms. The topological polar surface area (TPSA) is 83.6 Å². The van der Waals surface area contributed by atoms with Gasteiger partial charge in [0.1, 0.15) is 6.04 Å². The lowest BCUT2D eigenvalue weighted by Crippen LogP contribution is -2.64. The highest BCUT2D eigenvalue weighted by Crippen LogP contribution is 2.39. The molecule has 5 nitrogen and oxygen atoms in total. The van der Waals surface area contributed by atoms with Crippen molar-refractivity contribution in [2.24, 2.45) is 11.7 Å². The first-order valence-corrected chi connectivity index (χ1v) is 8.23. The van der Waals surface area contributed by atoms with E-state index in [9.17, 15) is 14.7 Å². The molecule has 1 saturated carbocycles. The van der Waals surface area contributed by atoms with Crippen molar-refractivity contribution in [2.75, 3.05) is 0 Å². The number of hydrogen-bond acceptors (Lipinski definition) is 3. The monoisotopic (exact) mass is 296 g/mol. The third-order valence-electron chi connectivity index (χ3n) is 5.15. The van der Waals surface area contributed by atoms with Crippen molar-refractivity contribution in [1.82, 2.24) is 4.90 Å². The van der Waals surface area contributed by atoms with Crippen LogP contribution in [0.2, 0.25) is 0 Å². The number of aliphatic carboxylic acids is 1. The number of carbonyl (C=O) groups is 2. The molecule has 4 unspecified atom stereocenters. The summed E-state index contributed by atoms with van der Waals surface area (Å²) < 4.78 is 0. The van der Waals surface area contributed by atoms with Crippen LogP contribution in [0.1, 0.15) is 65.2 Å². The van der Waals surface area contributed by atoms with E-state index in [-0.39, 0.29) is 11.9 Å². The SMILES string of the molecule is CCCC(C)(N)C(=O)N1C(C(=O)O)CCC2CCCCC21. The van der Waals surface area contributed by atoms with E-state index in [1.54, 1.807) is 11.8 Å². The third-order valence-corrected chi connectivity index (χ3v) is 5.15. The van der Waals surface area contributed by atoms with Crippen molar-refractivity contribution in [3.63, 3.8) is 0 Å². The number of likely N-dealkylation sites (tertiary alicyclic amines) is 1. The van der Waals surface area contributed by atoms with Crippen LogP contribution in [0.3, 0.4) is 0 Å². The van der Waals surface area contributed by atoms with Gasteiger partial charge < -0.3 is 15.7 Å². The van der Waals surface area contributed by atoms with Crippen LogP contribution in [-0.2, 0) is 9.59 Å². The average Bonchev–Trinajstić information content (AvgIpc) is 2.45. The zero-order valence-corrected chi connectivity index (χ0v) is 13.2. The van der Waals surface area contributed by atoms with Gasteiger partial charge in [-0.1, -0.05) is 26.2 Å². The van der Waals surface area contributed by atoms with Crippen molar-refractivity contribution in [1.29, 1.82) is 0 Å². The maximum atomic E-state index is 12.9. The summed E-state index contributed by atoms with van der Waals surface area (Å²) in [6, 6.07) is -0.627. The summed E-state index contributed by atoms with van der Waals surface area (Å²) in [5, 5.41) is 9.51. The molecule has 2 rings (SSSR count). The van der Waals surface area contributed by atoms with Gasteiger partial charge >= 0.3 is 5.97 Å². The van der Waals surface area contributed by atoms with E-state index in [0.717, 1.165) is 32.1 Å². The first-order chi connectivity index (χ1) is 9.88. The van der Waals surface area contributed by atoms with Crippen LogP contribution in [-0.4, -0.2) is 39.5 Å². The highest BCUT2D eigenvalue weighted by molar-refractivity contribution is 5.90. The molecule has 1 amide bonds. The summed E-state index contributed by atoms with van der Waals surface area (Å²) in [7, 11) is 0. The first-order valence-electron chi connectivity index (χ1n) is 8.23. The Kier molecular flexibility index (Phi) is 4.91. The molecular formula is C16H28N2O3. The zero-order chi connectivity index (χ0) is 15.6. The Morgan fingerprint density at radius 1 is 1.24 bits per heavy atom. The Morgan fingerprint density at radius 2 is 1.90 bits per heavy atom. The number of piperidine rings is 1. The number of nitrogens with two attached hydrogens (primary N) is 1. The highest BCUT2D eigenvalue weighted by Gasteiger charge is 2.47. The summed E-state index contributed by atoms with van der Waals surface area (Å²) in [5.41, 5.74) is 5.25. The largest absolute Gasteiger partial charge is 0.480 e. The van der Waals surface area contributed by atoms with Gasteiger partial charge in [0.05, 0.1) is 5.54 Å². The minimum Gasteiger partial charge on any atom is -0.480 e. The van der Waals surface area contributed by atoms with Gasteiger partial charge in [-0.15, -0.1) is 0 Å². The third kappa shape index (κ3) is 3.23. The predicted molar refractivity (Wildman–Crippen MR) is 80.8 cm³/mol. The number of carboxylic acids is 1. The summed E-state index contributed by atoms with van der Waals surface area (Å²) in [6.45, 7) is 3.73. The van der Waals surface area contributed by atoms with Crippen LogP contribution in [0.4, 0.5) is 0 Å². The molecule has 21 heavy (non-hydrogen) atoms. The molecule has 4 atom stereocenters. The van der Waals surface area contributed by atoms with Gasteiger partial charge in [0.15, 0.2) is 0 Å². The van der Waals surface area contributed by atoms with Crippen molar-refractivity contribution in [3.8, 4) is 0 Å². The molecule has 0 aromatic carbocycles. The Bertz CT molecular complexity index is 408. The van der Waals surface area contributed by atoms with Crippen LogP contribution in [0.25, 0.3) is 0 Å². The minimum atomic E-state index is -0.957. The lowest BCUT2D eigenvalue weighted by Gasteiger charge is -2.49. The fraction of sp³-hybridized carbons (Fsp3) is 0.875. The molecule has 1 saturated heterocycles. The number of carbonyl (C=O) groups excluding carboxylic acids is 1. The van der Waals surface area contributed by atoms with E-state index in [1.165, 1.54) is 6.42 Å². The predicted octanol–water partition coefficient (Wildman–Crippen LogP) is 2.14. The molecule has 0 aromatic rings. The second-order valence-corrected chi connectivity index (χ2v) is 6.92. The van der Waals surface area contributed by atoms with E-state index >= 15 is 0 Å². The maximum Gasteiger partial charge on any atom is 0.326 e. The van der Waals surface area contributed by atoms with Crippen LogP contribution in [0, 0.1) is 5.92 Å². The normalized spacial score (nSPS) is 32.1. The number of hydrogen-bond donors (Lipinski definition) is 2. The number of fused-ring (bicyclic) bond motifs is 1. The summed E-state index contributed by atoms with van der Waals surface area (Å²) in [5.74, 6) is -0.608. The van der Waals surface area contributed by atoms with Gasteiger partial charge in [0, 0.05) is 6.04 Å². The lowest BCUT2D eigenvalue weighted by atomic mass is 9.75. The van der Waals surface area contributed by atoms with Crippen LogP contribution in [0.15, 0.2) is 0 Å². The Labute approximate surface area is 126 Å². The Hall–Kier alpha value is -1.10. The fourth-order valence-corrected chi connectivity index (χ4v) is 4.09. The second kappa shape index (κ2) is 6.34. The fourth-order valence-electron chi connectivity index (χ4n) is 4.09. The number of nitrogens with zero attached hydrogens (tertiary/aromatic N) is 1. The van der Waals surface area contributed by atoms with Gasteiger partial charge in [0.25, 0.3) is 0 Å². The smallest absolute Gasteiger partial charge is 0.326 e. The summed E-state index contributed by atoms with van der Waals surface area (Å²) in [4.78, 5) is 26.2. The molecule has 1 aliphatic heterocycles. The highest BCUT2D eigenvalue weighted by atomic mass is 16.4. The molecule has 2 fully saturated rings. The Balaban J connectivity index is 2.27. The molecule has 0 spiro atoms. The lowest BCUT2D eigenvalue weighted by molar-refractivity contribution is -0.161. The number of rotatable bonds is 4. The summed E-state index contributed by atoms with van der Waals surface area (Å²) in [6.07, 6.45) is 7.18. The van der Waals surface area contributed by atoms with Gasteiger partial charge in [-0.05, 0) is 44.9 Å². The van der Waals surface area contributed by atoms with Crippen molar-refractivity contribution in [2.45, 2.75) is 82.8 Å². The maximum absolute atomic E-state index is 12.9. The van der Waals surface area contributed by atoms with Crippen LogP contribution < -0.4 is 5.73 Å². The summed E-state index contributed by atoms with van der Waals surface area (Å²) >= 11 is 0. The first kappa shape index (κ1) is 16.3. The number of amides is 1. The molecule has 0 radical (unpaired) electrons. The molecule has 5 heteroatoms. The second-order valence-electron chi connectivity index (χ2n) is 6.92. The van der Waals surface area contributed by atoms with Crippen LogP contribution in [0.5, 0.6) is 0 Å².